The maximum atomic E-state index is 13.0. The van der Waals surface area contributed by atoms with E-state index in [-0.39, 0.29) is 11.9 Å². The summed E-state index contributed by atoms with van der Waals surface area (Å²) in [4.78, 5) is 29.0. The van der Waals surface area contributed by atoms with Gasteiger partial charge in [-0.05, 0) is 81.4 Å². The first kappa shape index (κ1) is 35.3. The number of benzene rings is 1. The molecule has 0 bridgehead atoms. The molecule has 47 heavy (non-hydrogen) atoms. The summed E-state index contributed by atoms with van der Waals surface area (Å²) in [6.45, 7) is 20.0. The van der Waals surface area contributed by atoms with Crippen LogP contribution in [0.4, 0.5) is 16.8 Å². The summed E-state index contributed by atoms with van der Waals surface area (Å²) in [5, 5.41) is 9.82. The standard InChI is InChI=1S/C34H49N7O3S2Si/c1-9-44-32(42)29-30(25-14-16-40(17-15-25)21-23(2)3)46-33(35-29)39(5)28-20-24(4)31(38-37-28)36-34-41(22-43-18-19-47(6,7)8)26-12-10-11-13-27(26)45-34/h10-13,20,23,25H,9,14-19,21-22H2,1-8H3/b36-34-. The molecule has 0 radical (unpaired) electrons. The summed E-state index contributed by atoms with van der Waals surface area (Å²) in [7, 11) is 0.729. The zero-order valence-corrected chi connectivity index (χ0v) is 31.7. The lowest BCUT2D eigenvalue weighted by atomic mass is 9.93. The van der Waals surface area contributed by atoms with Crippen molar-refractivity contribution < 1.29 is 14.3 Å². The first-order valence-electron chi connectivity index (χ1n) is 16.6. The molecular formula is C34H49N7O3S2Si. The van der Waals surface area contributed by atoms with Crippen LogP contribution in [0.3, 0.4) is 0 Å². The molecule has 0 atom stereocenters. The maximum absolute atomic E-state index is 13.0. The van der Waals surface area contributed by atoms with E-state index in [2.05, 4.69) is 65.3 Å². The molecule has 1 aliphatic rings. The molecule has 3 aromatic heterocycles. The predicted octanol–water partition coefficient (Wildman–Crippen LogP) is 7.58. The molecule has 0 amide bonds. The summed E-state index contributed by atoms with van der Waals surface area (Å²) in [6.07, 6.45) is 2.00. The van der Waals surface area contributed by atoms with Crippen LogP contribution in [0.15, 0.2) is 35.3 Å². The molecule has 1 saturated heterocycles. The highest BCUT2D eigenvalue weighted by Gasteiger charge is 2.30. The molecule has 0 aliphatic carbocycles. The van der Waals surface area contributed by atoms with Crippen molar-refractivity contribution in [1.82, 2.24) is 24.6 Å². The summed E-state index contributed by atoms with van der Waals surface area (Å²) in [5.41, 5.74) is 2.41. The first-order chi connectivity index (χ1) is 22.4. The topological polar surface area (TPSA) is 98.0 Å². The highest BCUT2D eigenvalue weighted by atomic mass is 32.1. The molecular weight excluding hydrogens is 647 g/mol. The van der Waals surface area contributed by atoms with E-state index in [4.69, 9.17) is 19.5 Å². The summed E-state index contributed by atoms with van der Waals surface area (Å²) >= 11 is 3.17. The fraction of sp³-hybridized carbons (Fsp3) is 0.559. The fourth-order valence-corrected chi connectivity index (χ4v) is 8.64. The number of hydrogen-bond donors (Lipinski definition) is 0. The van der Waals surface area contributed by atoms with Gasteiger partial charge in [0.15, 0.2) is 27.3 Å². The second-order valence-corrected chi connectivity index (χ2v) is 21.5. The first-order valence-corrected chi connectivity index (χ1v) is 22.0. The van der Waals surface area contributed by atoms with Crippen molar-refractivity contribution in [3.63, 3.8) is 0 Å². The van der Waals surface area contributed by atoms with Crippen molar-refractivity contribution in [3.05, 3.63) is 51.3 Å². The molecule has 4 aromatic rings. The number of rotatable bonds is 13. The lowest BCUT2D eigenvalue weighted by Gasteiger charge is -2.32. The largest absolute Gasteiger partial charge is 0.461 e. The number of carbonyl (C=O) groups is 1. The van der Waals surface area contributed by atoms with Crippen molar-refractivity contribution in [3.8, 4) is 0 Å². The Labute approximate surface area is 287 Å². The number of esters is 1. The average Bonchev–Trinajstić information content (AvgIpc) is 3.62. The molecule has 1 fully saturated rings. The van der Waals surface area contributed by atoms with Gasteiger partial charge < -0.3 is 19.3 Å². The number of ether oxygens (including phenoxy) is 2. The second kappa shape index (κ2) is 15.5. The Morgan fingerprint density at radius 3 is 2.57 bits per heavy atom. The number of piperidine rings is 1. The molecule has 4 heterocycles. The van der Waals surface area contributed by atoms with Gasteiger partial charge in [0, 0.05) is 33.2 Å². The number of anilines is 2. The van der Waals surface area contributed by atoms with Gasteiger partial charge in [-0.2, -0.15) is 4.99 Å². The van der Waals surface area contributed by atoms with Gasteiger partial charge in [-0.3, -0.25) is 4.57 Å². The number of thiazole rings is 2. The highest BCUT2D eigenvalue weighted by Crippen LogP contribution is 2.39. The second-order valence-electron chi connectivity index (χ2n) is 13.9. The third kappa shape index (κ3) is 8.94. The smallest absolute Gasteiger partial charge is 0.358 e. The Bertz CT molecular complexity index is 1740. The fourth-order valence-electron chi connectivity index (χ4n) is 5.67. The predicted molar refractivity (Wildman–Crippen MR) is 195 cm³/mol. The minimum atomic E-state index is -1.19. The molecule has 5 rings (SSSR count). The van der Waals surface area contributed by atoms with Crippen molar-refractivity contribution in [1.29, 1.82) is 0 Å². The summed E-state index contributed by atoms with van der Waals surface area (Å²) in [6, 6.07) is 11.4. The summed E-state index contributed by atoms with van der Waals surface area (Å²) in [5.74, 6) is 1.76. The van der Waals surface area contributed by atoms with Crippen LogP contribution in [0.2, 0.25) is 25.7 Å². The molecule has 1 aromatic carbocycles. The van der Waals surface area contributed by atoms with E-state index in [1.807, 2.05) is 44.0 Å². The van der Waals surface area contributed by atoms with Crippen LogP contribution >= 0.6 is 22.7 Å². The van der Waals surface area contributed by atoms with Gasteiger partial charge >= 0.3 is 5.97 Å². The van der Waals surface area contributed by atoms with Crippen LogP contribution in [-0.2, 0) is 16.2 Å². The lowest BCUT2D eigenvalue weighted by molar-refractivity contribution is 0.0518. The van der Waals surface area contributed by atoms with Crippen molar-refractivity contribution >= 4 is 63.7 Å². The molecule has 0 saturated carbocycles. The molecule has 13 heteroatoms. The Morgan fingerprint density at radius 1 is 1.15 bits per heavy atom. The van der Waals surface area contributed by atoms with Gasteiger partial charge in [-0.1, -0.05) is 57.0 Å². The summed E-state index contributed by atoms with van der Waals surface area (Å²) < 4.78 is 14.8. The lowest BCUT2D eigenvalue weighted by Crippen LogP contribution is -2.35. The van der Waals surface area contributed by atoms with Crippen LogP contribution in [0.25, 0.3) is 10.2 Å². The average molecular weight is 696 g/mol. The number of carbonyl (C=O) groups excluding carboxylic acids is 1. The number of aromatic nitrogens is 4. The van der Waals surface area contributed by atoms with Crippen LogP contribution < -0.4 is 9.70 Å². The maximum Gasteiger partial charge on any atom is 0.358 e. The van der Waals surface area contributed by atoms with Crippen LogP contribution in [0.5, 0.6) is 0 Å². The number of hydrogen-bond acceptors (Lipinski definition) is 11. The monoisotopic (exact) mass is 695 g/mol. The van der Waals surface area contributed by atoms with Gasteiger partial charge in [-0.15, -0.1) is 21.5 Å². The Morgan fingerprint density at radius 2 is 1.89 bits per heavy atom. The zero-order chi connectivity index (χ0) is 33.7. The van der Waals surface area contributed by atoms with Crippen molar-refractivity contribution in [2.45, 2.75) is 78.9 Å². The van der Waals surface area contributed by atoms with E-state index >= 15 is 0 Å². The Hall–Kier alpha value is -2.97. The molecule has 0 N–H and O–H groups in total. The van der Waals surface area contributed by atoms with Crippen molar-refractivity contribution in [2.24, 2.45) is 10.9 Å². The van der Waals surface area contributed by atoms with E-state index in [0.29, 0.717) is 41.7 Å². The van der Waals surface area contributed by atoms with E-state index in [9.17, 15) is 4.79 Å². The minimum absolute atomic E-state index is 0.277. The van der Waals surface area contributed by atoms with Gasteiger partial charge in [0.1, 0.15) is 6.73 Å². The quantitative estimate of drug-likeness (QED) is 0.0802. The van der Waals surface area contributed by atoms with E-state index < -0.39 is 8.07 Å². The SMILES string of the molecule is CCOC(=O)c1nc(N(C)c2cc(C)c(/N=c3\sc4ccccc4n3COCC[Si](C)(C)C)nn2)sc1C1CCN(CC(C)C)CC1. The van der Waals surface area contributed by atoms with Gasteiger partial charge in [0.05, 0.1) is 16.8 Å². The number of nitrogens with zero attached hydrogens (tertiary/aromatic N) is 7. The van der Waals surface area contributed by atoms with Gasteiger partial charge in [0.25, 0.3) is 0 Å². The highest BCUT2D eigenvalue weighted by molar-refractivity contribution is 7.16. The third-order valence-corrected chi connectivity index (χ3v) is 12.3. The van der Waals surface area contributed by atoms with Crippen LogP contribution in [0, 0.1) is 12.8 Å². The van der Waals surface area contributed by atoms with Crippen LogP contribution in [-0.4, -0.2) is 78.6 Å². The van der Waals surface area contributed by atoms with E-state index in [1.165, 1.54) is 0 Å². The van der Waals surface area contributed by atoms with Crippen LogP contribution in [0.1, 0.15) is 60.5 Å². The number of para-hydroxylation sites is 1. The van der Waals surface area contributed by atoms with Gasteiger partial charge in [0.2, 0.25) is 0 Å². The normalized spacial score (nSPS) is 15.2. The van der Waals surface area contributed by atoms with E-state index in [1.54, 1.807) is 22.7 Å². The molecule has 0 unspecified atom stereocenters. The zero-order valence-electron chi connectivity index (χ0n) is 29.1. The van der Waals surface area contributed by atoms with Crippen molar-refractivity contribution in [2.75, 3.05) is 44.8 Å². The molecule has 10 nitrogen and oxygen atoms in total. The molecule has 254 valence electrons. The number of likely N-dealkylation sites (tertiary alicyclic amines) is 1. The third-order valence-electron chi connectivity index (χ3n) is 8.28. The number of fused-ring (bicyclic) bond motifs is 1. The number of aryl methyl sites for hydroxylation is 1. The van der Waals surface area contributed by atoms with E-state index in [0.717, 1.165) is 70.6 Å². The Balaban J connectivity index is 1.39. The van der Waals surface area contributed by atoms with Gasteiger partial charge in [-0.25, -0.2) is 9.78 Å². The Kier molecular flexibility index (Phi) is 11.7. The molecule has 0 spiro atoms. The molecule has 1 aliphatic heterocycles. The minimum Gasteiger partial charge on any atom is -0.461 e.